The summed E-state index contributed by atoms with van der Waals surface area (Å²) < 4.78 is 31.6. The van der Waals surface area contributed by atoms with Crippen molar-refractivity contribution in [1.29, 1.82) is 0 Å². The van der Waals surface area contributed by atoms with Gasteiger partial charge in [-0.3, -0.25) is 4.55 Å². The van der Waals surface area contributed by atoms with Crippen LogP contribution in [0.15, 0.2) is 29.2 Å². The third-order valence-corrected chi connectivity index (χ3v) is 5.83. The van der Waals surface area contributed by atoms with Crippen LogP contribution in [0, 0.1) is 0 Å². The van der Waals surface area contributed by atoms with Crippen molar-refractivity contribution < 1.29 is 13.0 Å². The molecule has 1 rings (SSSR count). The molecular weight excluding hydrogens is 332 g/mol. The highest BCUT2D eigenvalue weighted by Gasteiger charge is 2.14. The maximum Gasteiger partial charge on any atom is 0.294 e. The standard InChI is InChI=1S/C21H36O3S/c1-3-5-7-9-10-12-14-19(13-11-8-6-4-2)20-15-17-21(18-16-20)25(22,23)24/h15-19H,3-14H2,1-2H3,(H,22,23,24). The van der Waals surface area contributed by atoms with E-state index in [1.54, 1.807) is 0 Å². The molecule has 0 saturated carbocycles. The highest BCUT2D eigenvalue weighted by molar-refractivity contribution is 7.85. The van der Waals surface area contributed by atoms with Crippen LogP contribution in [0.5, 0.6) is 0 Å². The first-order valence-corrected chi connectivity index (χ1v) is 11.5. The molecule has 1 unspecified atom stereocenters. The van der Waals surface area contributed by atoms with Gasteiger partial charge in [-0.1, -0.05) is 90.2 Å². The van der Waals surface area contributed by atoms with Gasteiger partial charge in [-0.2, -0.15) is 8.42 Å². The summed E-state index contributed by atoms with van der Waals surface area (Å²) in [6.07, 6.45) is 15.1. The largest absolute Gasteiger partial charge is 0.294 e. The van der Waals surface area contributed by atoms with E-state index in [0.717, 1.165) is 0 Å². The fraction of sp³-hybridized carbons (Fsp3) is 0.714. The van der Waals surface area contributed by atoms with E-state index in [1.807, 2.05) is 12.1 Å². The second-order valence-electron chi connectivity index (χ2n) is 7.15. The molecule has 1 aromatic carbocycles. The summed E-state index contributed by atoms with van der Waals surface area (Å²) in [6, 6.07) is 6.82. The minimum absolute atomic E-state index is 0.0134. The van der Waals surface area contributed by atoms with Crippen LogP contribution in [-0.4, -0.2) is 13.0 Å². The van der Waals surface area contributed by atoms with Crippen molar-refractivity contribution >= 4 is 10.1 Å². The lowest BCUT2D eigenvalue weighted by atomic mass is 9.88. The van der Waals surface area contributed by atoms with Crippen LogP contribution in [0.25, 0.3) is 0 Å². The molecule has 0 amide bonds. The number of hydrogen-bond acceptors (Lipinski definition) is 2. The van der Waals surface area contributed by atoms with Gasteiger partial charge in [0.15, 0.2) is 0 Å². The van der Waals surface area contributed by atoms with Crippen LogP contribution in [-0.2, 0) is 10.1 Å². The van der Waals surface area contributed by atoms with E-state index in [1.165, 1.54) is 94.7 Å². The van der Waals surface area contributed by atoms with Crippen LogP contribution in [0.2, 0.25) is 0 Å². The Bertz CT molecular complexity index is 549. The van der Waals surface area contributed by atoms with Crippen molar-refractivity contribution in [2.45, 2.75) is 102 Å². The van der Waals surface area contributed by atoms with Crippen molar-refractivity contribution in [3.05, 3.63) is 29.8 Å². The van der Waals surface area contributed by atoms with E-state index < -0.39 is 10.1 Å². The maximum absolute atomic E-state index is 11.2. The zero-order valence-electron chi connectivity index (χ0n) is 16.0. The van der Waals surface area contributed by atoms with E-state index in [-0.39, 0.29) is 4.90 Å². The van der Waals surface area contributed by atoms with Gasteiger partial charge in [-0.15, -0.1) is 0 Å². The Morgan fingerprint density at radius 2 is 1.20 bits per heavy atom. The van der Waals surface area contributed by atoms with Crippen LogP contribution in [0.3, 0.4) is 0 Å². The van der Waals surface area contributed by atoms with Gasteiger partial charge in [-0.05, 0) is 36.5 Å². The summed E-state index contributed by atoms with van der Waals surface area (Å²) in [5.74, 6) is 0.499. The van der Waals surface area contributed by atoms with E-state index >= 15 is 0 Å². The first-order chi connectivity index (χ1) is 12.0. The molecule has 4 heteroatoms. The van der Waals surface area contributed by atoms with E-state index in [4.69, 9.17) is 4.55 Å². The lowest BCUT2D eigenvalue weighted by Gasteiger charge is -2.18. The van der Waals surface area contributed by atoms with Gasteiger partial charge in [0, 0.05) is 0 Å². The molecule has 0 aliphatic carbocycles. The Hall–Kier alpha value is -0.870. The Labute approximate surface area is 155 Å². The van der Waals surface area contributed by atoms with E-state index in [0.29, 0.717) is 5.92 Å². The van der Waals surface area contributed by atoms with Gasteiger partial charge in [0.1, 0.15) is 0 Å². The van der Waals surface area contributed by atoms with Gasteiger partial charge in [0.2, 0.25) is 0 Å². The molecule has 3 nitrogen and oxygen atoms in total. The third-order valence-electron chi connectivity index (χ3n) is 4.96. The van der Waals surface area contributed by atoms with Gasteiger partial charge in [0.25, 0.3) is 10.1 Å². The molecule has 0 aliphatic rings. The number of benzene rings is 1. The normalized spacial score (nSPS) is 13.1. The zero-order chi connectivity index (χ0) is 18.5. The number of unbranched alkanes of at least 4 members (excludes halogenated alkanes) is 8. The van der Waals surface area contributed by atoms with Gasteiger partial charge < -0.3 is 0 Å². The van der Waals surface area contributed by atoms with Crippen LogP contribution in [0.1, 0.15) is 102 Å². The molecule has 0 saturated heterocycles. The topological polar surface area (TPSA) is 54.4 Å². The summed E-state index contributed by atoms with van der Waals surface area (Å²) >= 11 is 0. The fourth-order valence-corrected chi connectivity index (χ4v) is 3.86. The van der Waals surface area contributed by atoms with E-state index in [9.17, 15) is 8.42 Å². The van der Waals surface area contributed by atoms with Crippen LogP contribution in [0.4, 0.5) is 0 Å². The molecule has 0 aromatic heterocycles. The first kappa shape index (κ1) is 22.2. The molecular formula is C21H36O3S. The fourth-order valence-electron chi connectivity index (χ4n) is 3.38. The SMILES string of the molecule is CCCCCCCCC(CCCCCC)c1ccc(S(=O)(=O)O)cc1. The quantitative estimate of drug-likeness (QED) is 0.292. The van der Waals surface area contributed by atoms with Crippen molar-refractivity contribution in [2.75, 3.05) is 0 Å². The lowest BCUT2D eigenvalue weighted by Crippen LogP contribution is -2.02. The van der Waals surface area contributed by atoms with Crippen molar-refractivity contribution in [3.8, 4) is 0 Å². The van der Waals surface area contributed by atoms with Crippen LogP contribution >= 0.6 is 0 Å². The van der Waals surface area contributed by atoms with Gasteiger partial charge >= 0.3 is 0 Å². The van der Waals surface area contributed by atoms with E-state index in [2.05, 4.69) is 13.8 Å². The predicted molar refractivity (Wildman–Crippen MR) is 106 cm³/mol. The average Bonchev–Trinajstić information content (AvgIpc) is 2.59. The molecule has 0 fully saturated rings. The first-order valence-electron chi connectivity index (χ1n) is 10.1. The van der Waals surface area contributed by atoms with Crippen molar-refractivity contribution in [1.82, 2.24) is 0 Å². The van der Waals surface area contributed by atoms with Crippen molar-refractivity contribution in [2.24, 2.45) is 0 Å². The summed E-state index contributed by atoms with van der Waals surface area (Å²) in [4.78, 5) is -0.0134. The molecule has 0 radical (unpaired) electrons. The van der Waals surface area contributed by atoms with Crippen LogP contribution < -0.4 is 0 Å². The second kappa shape index (κ2) is 12.5. The molecule has 1 N–H and O–H groups in total. The molecule has 0 bridgehead atoms. The highest BCUT2D eigenvalue weighted by atomic mass is 32.2. The number of hydrogen-bond donors (Lipinski definition) is 1. The average molecular weight is 369 g/mol. The van der Waals surface area contributed by atoms with Gasteiger partial charge in [0.05, 0.1) is 4.90 Å². The summed E-state index contributed by atoms with van der Waals surface area (Å²) in [5.41, 5.74) is 1.21. The van der Waals surface area contributed by atoms with Gasteiger partial charge in [-0.25, -0.2) is 0 Å². The molecule has 0 heterocycles. The second-order valence-corrected chi connectivity index (χ2v) is 8.57. The molecule has 1 aromatic rings. The smallest absolute Gasteiger partial charge is 0.282 e. The van der Waals surface area contributed by atoms with Crippen molar-refractivity contribution in [3.63, 3.8) is 0 Å². The zero-order valence-corrected chi connectivity index (χ0v) is 16.9. The molecule has 144 valence electrons. The monoisotopic (exact) mass is 368 g/mol. The molecule has 25 heavy (non-hydrogen) atoms. The summed E-state index contributed by atoms with van der Waals surface area (Å²) in [7, 11) is -4.10. The Balaban J connectivity index is 2.59. The Kier molecular flexibility index (Phi) is 11.1. The predicted octanol–water partition coefficient (Wildman–Crippen LogP) is 6.74. The molecule has 0 spiro atoms. The molecule has 0 aliphatic heterocycles. The highest BCUT2D eigenvalue weighted by Crippen LogP contribution is 2.29. The number of rotatable bonds is 14. The lowest BCUT2D eigenvalue weighted by molar-refractivity contribution is 0.482. The Morgan fingerprint density at radius 1 is 0.760 bits per heavy atom. The third kappa shape index (κ3) is 9.41. The minimum Gasteiger partial charge on any atom is -0.282 e. The summed E-state index contributed by atoms with van der Waals surface area (Å²) in [5, 5.41) is 0. The maximum atomic E-state index is 11.2. The molecule has 1 atom stereocenters. The summed E-state index contributed by atoms with van der Waals surface area (Å²) in [6.45, 7) is 4.46. The minimum atomic E-state index is -4.10. The Morgan fingerprint density at radius 3 is 1.68 bits per heavy atom.